The standard InChI is InChI=1S/C13H28O/c1-4-8-13(11-14)10-7-5-6-9-12(2)3/h12-14H,4-11H2,1-3H3/t13-/m0/s1. The highest BCUT2D eigenvalue weighted by Crippen LogP contribution is 2.16. The molecule has 0 aromatic heterocycles. The van der Waals surface area contributed by atoms with E-state index < -0.39 is 0 Å². The number of aliphatic hydroxyl groups excluding tert-OH is 1. The van der Waals surface area contributed by atoms with Gasteiger partial charge in [-0.25, -0.2) is 0 Å². The van der Waals surface area contributed by atoms with Gasteiger partial charge in [0.15, 0.2) is 0 Å². The van der Waals surface area contributed by atoms with Crippen molar-refractivity contribution in [3.63, 3.8) is 0 Å². The Kier molecular flexibility index (Phi) is 9.49. The van der Waals surface area contributed by atoms with Gasteiger partial charge in [-0.2, -0.15) is 0 Å². The number of hydrogen-bond donors (Lipinski definition) is 1. The van der Waals surface area contributed by atoms with Crippen LogP contribution in [-0.4, -0.2) is 11.7 Å². The van der Waals surface area contributed by atoms with Crippen molar-refractivity contribution in [1.82, 2.24) is 0 Å². The van der Waals surface area contributed by atoms with Gasteiger partial charge in [-0.1, -0.05) is 52.9 Å². The summed E-state index contributed by atoms with van der Waals surface area (Å²) in [5, 5.41) is 9.10. The molecule has 0 fully saturated rings. The Balaban J connectivity index is 3.24. The summed E-state index contributed by atoms with van der Waals surface area (Å²) in [5.41, 5.74) is 0. The topological polar surface area (TPSA) is 20.2 Å². The number of unbranched alkanes of at least 4 members (excludes halogenated alkanes) is 2. The molecule has 1 N–H and O–H groups in total. The zero-order valence-corrected chi connectivity index (χ0v) is 10.3. The molecule has 0 spiro atoms. The summed E-state index contributed by atoms with van der Waals surface area (Å²) >= 11 is 0. The molecule has 0 unspecified atom stereocenters. The maximum Gasteiger partial charge on any atom is 0.0459 e. The molecule has 1 nitrogen and oxygen atoms in total. The average molecular weight is 200 g/mol. The molecular formula is C13H28O. The van der Waals surface area contributed by atoms with E-state index in [0.29, 0.717) is 12.5 Å². The molecule has 0 bridgehead atoms. The molecule has 0 saturated heterocycles. The van der Waals surface area contributed by atoms with E-state index in [1.807, 2.05) is 0 Å². The van der Waals surface area contributed by atoms with E-state index in [1.165, 1.54) is 44.9 Å². The minimum Gasteiger partial charge on any atom is -0.396 e. The first kappa shape index (κ1) is 14.0. The first-order valence-corrected chi connectivity index (χ1v) is 6.31. The van der Waals surface area contributed by atoms with Gasteiger partial charge in [0, 0.05) is 6.61 Å². The largest absolute Gasteiger partial charge is 0.396 e. The average Bonchev–Trinajstić information content (AvgIpc) is 2.15. The number of hydrogen-bond acceptors (Lipinski definition) is 1. The maximum atomic E-state index is 9.10. The summed E-state index contributed by atoms with van der Waals surface area (Å²) in [6.45, 7) is 7.15. The van der Waals surface area contributed by atoms with Gasteiger partial charge in [-0.05, 0) is 24.7 Å². The Morgan fingerprint density at radius 3 is 2.07 bits per heavy atom. The van der Waals surface area contributed by atoms with E-state index in [4.69, 9.17) is 5.11 Å². The maximum absolute atomic E-state index is 9.10. The second kappa shape index (κ2) is 9.51. The van der Waals surface area contributed by atoms with Crippen molar-refractivity contribution < 1.29 is 5.11 Å². The first-order valence-electron chi connectivity index (χ1n) is 6.31. The monoisotopic (exact) mass is 200 g/mol. The molecule has 0 heterocycles. The molecule has 0 saturated carbocycles. The Labute approximate surface area is 89.9 Å². The fourth-order valence-corrected chi connectivity index (χ4v) is 1.90. The lowest BCUT2D eigenvalue weighted by atomic mass is 9.96. The van der Waals surface area contributed by atoms with Crippen molar-refractivity contribution in [2.45, 2.75) is 65.7 Å². The summed E-state index contributed by atoms with van der Waals surface area (Å²) in [4.78, 5) is 0. The van der Waals surface area contributed by atoms with Gasteiger partial charge in [0.1, 0.15) is 0 Å². The van der Waals surface area contributed by atoms with Gasteiger partial charge in [0.2, 0.25) is 0 Å². The lowest BCUT2D eigenvalue weighted by Crippen LogP contribution is -2.05. The van der Waals surface area contributed by atoms with Gasteiger partial charge >= 0.3 is 0 Å². The van der Waals surface area contributed by atoms with Crippen molar-refractivity contribution in [3.8, 4) is 0 Å². The van der Waals surface area contributed by atoms with E-state index in [0.717, 1.165) is 5.92 Å². The van der Waals surface area contributed by atoms with E-state index in [2.05, 4.69) is 20.8 Å². The molecule has 1 atom stereocenters. The van der Waals surface area contributed by atoms with Crippen LogP contribution < -0.4 is 0 Å². The normalized spacial score (nSPS) is 13.5. The summed E-state index contributed by atoms with van der Waals surface area (Å²) < 4.78 is 0. The third kappa shape index (κ3) is 8.55. The van der Waals surface area contributed by atoms with Crippen LogP contribution >= 0.6 is 0 Å². The third-order valence-corrected chi connectivity index (χ3v) is 2.85. The van der Waals surface area contributed by atoms with Crippen LogP contribution in [0.2, 0.25) is 0 Å². The molecule has 0 rings (SSSR count). The van der Waals surface area contributed by atoms with E-state index in [-0.39, 0.29) is 0 Å². The van der Waals surface area contributed by atoms with Crippen LogP contribution in [0.3, 0.4) is 0 Å². The molecule has 0 aromatic rings. The fourth-order valence-electron chi connectivity index (χ4n) is 1.90. The van der Waals surface area contributed by atoms with Crippen LogP contribution in [0, 0.1) is 11.8 Å². The van der Waals surface area contributed by atoms with Gasteiger partial charge in [0.25, 0.3) is 0 Å². The molecule has 0 aliphatic heterocycles. The molecule has 14 heavy (non-hydrogen) atoms. The second-order valence-electron chi connectivity index (χ2n) is 4.87. The Hall–Kier alpha value is -0.0400. The highest BCUT2D eigenvalue weighted by Gasteiger charge is 2.05. The zero-order chi connectivity index (χ0) is 10.8. The Bertz CT molecular complexity index is 110. The summed E-state index contributed by atoms with van der Waals surface area (Å²) in [7, 11) is 0. The summed E-state index contributed by atoms with van der Waals surface area (Å²) in [6, 6.07) is 0. The van der Waals surface area contributed by atoms with Gasteiger partial charge in [-0.3, -0.25) is 0 Å². The molecule has 0 radical (unpaired) electrons. The smallest absolute Gasteiger partial charge is 0.0459 e. The Morgan fingerprint density at radius 2 is 1.57 bits per heavy atom. The molecule has 0 aliphatic carbocycles. The van der Waals surface area contributed by atoms with Crippen LogP contribution in [-0.2, 0) is 0 Å². The van der Waals surface area contributed by atoms with E-state index >= 15 is 0 Å². The molecule has 0 amide bonds. The van der Waals surface area contributed by atoms with Crippen molar-refractivity contribution in [3.05, 3.63) is 0 Å². The van der Waals surface area contributed by atoms with Gasteiger partial charge in [0.05, 0.1) is 0 Å². The minimum absolute atomic E-state index is 0.387. The number of aliphatic hydroxyl groups is 1. The van der Waals surface area contributed by atoms with Crippen LogP contribution in [0.15, 0.2) is 0 Å². The van der Waals surface area contributed by atoms with Crippen LogP contribution in [0.1, 0.15) is 65.7 Å². The van der Waals surface area contributed by atoms with Gasteiger partial charge < -0.3 is 5.11 Å². The highest BCUT2D eigenvalue weighted by atomic mass is 16.3. The highest BCUT2D eigenvalue weighted by molar-refractivity contribution is 4.57. The first-order chi connectivity index (χ1) is 6.70. The van der Waals surface area contributed by atoms with Crippen LogP contribution in [0.25, 0.3) is 0 Å². The zero-order valence-electron chi connectivity index (χ0n) is 10.3. The molecule has 1 heteroatoms. The predicted molar refractivity (Wildman–Crippen MR) is 63.4 cm³/mol. The van der Waals surface area contributed by atoms with E-state index in [1.54, 1.807) is 0 Å². The lowest BCUT2D eigenvalue weighted by Gasteiger charge is -2.12. The third-order valence-electron chi connectivity index (χ3n) is 2.85. The van der Waals surface area contributed by atoms with E-state index in [9.17, 15) is 0 Å². The summed E-state index contributed by atoms with van der Waals surface area (Å²) in [5.74, 6) is 1.42. The molecule has 0 aromatic carbocycles. The second-order valence-corrected chi connectivity index (χ2v) is 4.87. The summed E-state index contributed by atoms with van der Waals surface area (Å²) in [6.07, 6.45) is 9.00. The minimum atomic E-state index is 0.387. The molecule has 0 aliphatic rings. The lowest BCUT2D eigenvalue weighted by molar-refractivity contribution is 0.206. The van der Waals surface area contributed by atoms with Crippen LogP contribution in [0.5, 0.6) is 0 Å². The van der Waals surface area contributed by atoms with Crippen molar-refractivity contribution in [2.75, 3.05) is 6.61 Å². The SMILES string of the molecule is CCC[C@H](CO)CCCCCC(C)C. The molecular weight excluding hydrogens is 172 g/mol. The Morgan fingerprint density at radius 1 is 0.929 bits per heavy atom. The number of rotatable bonds is 9. The van der Waals surface area contributed by atoms with Crippen LogP contribution in [0.4, 0.5) is 0 Å². The van der Waals surface area contributed by atoms with Crippen molar-refractivity contribution in [2.24, 2.45) is 11.8 Å². The molecule has 86 valence electrons. The fraction of sp³-hybridized carbons (Fsp3) is 1.00. The van der Waals surface area contributed by atoms with Crippen molar-refractivity contribution >= 4 is 0 Å². The quantitative estimate of drug-likeness (QED) is 0.558. The predicted octanol–water partition coefficient (Wildman–Crippen LogP) is 4.00. The van der Waals surface area contributed by atoms with Crippen molar-refractivity contribution in [1.29, 1.82) is 0 Å². The van der Waals surface area contributed by atoms with Gasteiger partial charge in [-0.15, -0.1) is 0 Å².